The van der Waals surface area contributed by atoms with Gasteiger partial charge in [0.25, 0.3) is 0 Å². The number of rotatable bonds is 1. The van der Waals surface area contributed by atoms with Gasteiger partial charge >= 0.3 is 35.3 Å². The van der Waals surface area contributed by atoms with Crippen LogP contribution in [-0.4, -0.2) is 17.7 Å². The SMILES string of the molecule is COC(=O)P(=O)([O-])O.[Na+]. The quantitative estimate of drug-likeness (QED) is 0.316. The maximum absolute atomic E-state index is 9.79. The van der Waals surface area contributed by atoms with Gasteiger partial charge in [-0.3, -0.25) is 4.57 Å². The van der Waals surface area contributed by atoms with Crippen molar-refractivity contribution in [3.63, 3.8) is 0 Å². The third-order valence-corrected chi connectivity index (χ3v) is 1.05. The molecule has 0 aliphatic heterocycles. The van der Waals surface area contributed by atoms with Gasteiger partial charge in [0, 0.05) is 0 Å². The van der Waals surface area contributed by atoms with E-state index in [1.807, 2.05) is 0 Å². The summed E-state index contributed by atoms with van der Waals surface area (Å²) < 4.78 is 13.3. The van der Waals surface area contributed by atoms with Gasteiger partial charge in [0.2, 0.25) is 7.60 Å². The van der Waals surface area contributed by atoms with E-state index in [2.05, 4.69) is 4.74 Å². The second kappa shape index (κ2) is 4.44. The van der Waals surface area contributed by atoms with Gasteiger partial charge in [0.05, 0.1) is 7.11 Å². The van der Waals surface area contributed by atoms with Crippen LogP contribution in [0.1, 0.15) is 0 Å². The van der Waals surface area contributed by atoms with Crippen LogP contribution in [0.25, 0.3) is 0 Å². The smallest absolute Gasteiger partial charge is 0.770 e. The van der Waals surface area contributed by atoms with Crippen molar-refractivity contribution in [1.29, 1.82) is 0 Å². The molecule has 0 saturated carbocycles. The van der Waals surface area contributed by atoms with E-state index in [0.717, 1.165) is 7.11 Å². The predicted octanol–water partition coefficient (Wildman–Crippen LogP) is -3.70. The number of ether oxygens (including phenoxy) is 1. The molecule has 1 N–H and O–H groups in total. The van der Waals surface area contributed by atoms with Crippen LogP contribution in [0.3, 0.4) is 0 Å². The molecule has 0 radical (unpaired) electrons. The maximum atomic E-state index is 9.79. The van der Waals surface area contributed by atoms with Crippen molar-refractivity contribution in [1.82, 2.24) is 0 Å². The van der Waals surface area contributed by atoms with Gasteiger partial charge in [-0.15, -0.1) is 0 Å². The molecule has 0 aromatic carbocycles. The fraction of sp³-hybridized carbons (Fsp3) is 0.500. The molecule has 0 aromatic heterocycles. The minimum Gasteiger partial charge on any atom is -0.770 e. The summed E-state index contributed by atoms with van der Waals surface area (Å²) in [7, 11) is -4.00. The van der Waals surface area contributed by atoms with E-state index in [0.29, 0.717) is 0 Å². The van der Waals surface area contributed by atoms with Crippen LogP contribution >= 0.6 is 7.60 Å². The molecule has 0 fully saturated rings. The molecule has 7 heteroatoms. The van der Waals surface area contributed by atoms with Gasteiger partial charge < -0.3 is 14.5 Å². The van der Waals surface area contributed by atoms with Crippen molar-refractivity contribution in [3.8, 4) is 0 Å². The molecule has 1 unspecified atom stereocenters. The van der Waals surface area contributed by atoms with Gasteiger partial charge in [-0.1, -0.05) is 0 Å². The number of carbonyl (C=O) groups is 1. The van der Waals surface area contributed by atoms with Crippen molar-refractivity contribution < 1.29 is 53.4 Å². The largest absolute Gasteiger partial charge is 1.00 e. The Bertz CT molecular complexity index is 138. The molecule has 0 bridgehead atoms. The fourth-order valence-electron chi connectivity index (χ4n) is 0.115. The van der Waals surface area contributed by atoms with Crippen LogP contribution in [0.4, 0.5) is 4.79 Å². The summed E-state index contributed by atoms with van der Waals surface area (Å²) in [6.07, 6.45) is 0. The Balaban J connectivity index is 0. The average molecular weight is 162 g/mol. The summed E-state index contributed by atoms with van der Waals surface area (Å²) >= 11 is 0. The Kier molecular flexibility index (Phi) is 6.07. The van der Waals surface area contributed by atoms with E-state index in [1.54, 1.807) is 0 Å². The van der Waals surface area contributed by atoms with Crippen LogP contribution in [0.5, 0.6) is 0 Å². The molecule has 0 aromatic rings. The maximum Gasteiger partial charge on any atom is 1.00 e. The van der Waals surface area contributed by atoms with Crippen LogP contribution in [0.2, 0.25) is 0 Å². The number of methoxy groups -OCH3 is 1. The molecule has 0 aliphatic carbocycles. The molecular formula is C2H4NaO5P. The number of hydrogen-bond acceptors (Lipinski definition) is 4. The Labute approximate surface area is 73.8 Å². The summed E-state index contributed by atoms with van der Waals surface area (Å²) in [6.45, 7) is 0. The predicted molar refractivity (Wildman–Crippen MR) is 22.2 cm³/mol. The van der Waals surface area contributed by atoms with Crippen molar-refractivity contribution in [3.05, 3.63) is 0 Å². The zero-order valence-corrected chi connectivity index (χ0v) is 7.92. The molecule has 0 saturated heterocycles. The second-order valence-corrected chi connectivity index (χ2v) is 2.40. The molecule has 48 valence electrons. The first-order chi connectivity index (χ1) is 3.48. The summed E-state index contributed by atoms with van der Waals surface area (Å²) in [5, 5.41) is 0. The van der Waals surface area contributed by atoms with E-state index >= 15 is 0 Å². The van der Waals surface area contributed by atoms with E-state index in [4.69, 9.17) is 4.89 Å². The standard InChI is InChI=1S/C2H5O5P.Na/c1-7-2(3)8(4,5)6;/h1H3,(H2,4,5,6);/q;+1/p-1. The van der Waals surface area contributed by atoms with Crippen LogP contribution in [0.15, 0.2) is 0 Å². The third kappa shape index (κ3) is 5.08. The summed E-state index contributed by atoms with van der Waals surface area (Å²) in [5.74, 6) is 0. The molecule has 5 nitrogen and oxygen atoms in total. The third-order valence-electron chi connectivity index (χ3n) is 0.405. The van der Waals surface area contributed by atoms with Gasteiger partial charge in [-0.2, -0.15) is 0 Å². The van der Waals surface area contributed by atoms with E-state index in [-0.39, 0.29) is 29.6 Å². The van der Waals surface area contributed by atoms with Gasteiger partial charge in [-0.05, 0) is 0 Å². The normalized spacial score (nSPS) is 15.0. The topological polar surface area (TPSA) is 86.7 Å². The Morgan fingerprint density at radius 3 is 2.11 bits per heavy atom. The number of carbonyl (C=O) groups excluding carboxylic acids is 1. The van der Waals surface area contributed by atoms with Gasteiger partial charge in [0.1, 0.15) is 0 Å². The van der Waals surface area contributed by atoms with Crippen molar-refractivity contribution in [2.24, 2.45) is 0 Å². The summed E-state index contributed by atoms with van der Waals surface area (Å²) in [4.78, 5) is 27.3. The summed E-state index contributed by atoms with van der Waals surface area (Å²) in [5.41, 5.74) is -1.61. The minimum atomic E-state index is -4.87. The van der Waals surface area contributed by atoms with E-state index in [9.17, 15) is 14.3 Å². The average Bonchev–Trinajstić information content (AvgIpc) is 1.62. The molecular weight excluding hydrogens is 158 g/mol. The van der Waals surface area contributed by atoms with Crippen molar-refractivity contribution in [2.45, 2.75) is 0 Å². The zero-order chi connectivity index (χ0) is 6.78. The Hall–Kier alpha value is 0.620. The fourth-order valence-corrected chi connectivity index (χ4v) is 0.346. The minimum absolute atomic E-state index is 0. The van der Waals surface area contributed by atoms with Gasteiger partial charge in [0.15, 0.2) is 0 Å². The van der Waals surface area contributed by atoms with E-state index < -0.39 is 13.3 Å². The first-order valence-electron chi connectivity index (χ1n) is 1.61. The molecule has 0 amide bonds. The zero-order valence-electron chi connectivity index (χ0n) is 5.03. The van der Waals surface area contributed by atoms with Crippen LogP contribution in [0, 0.1) is 0 Å². The summed E-state index contributed by atoms with van der Waals surface area (Å²) in [6, 6.07) is 0. The molecule has 0 spiro atoms. The Morgan fingerprint density at radius 2 is 2.11 bits per heavy atom. The molecule has 0 heterocycles. The van der Waals surface area contributed by atoms with E-state index in [1.165, 1.54) is 0 Å². The second-order valence-electron chi connectivity index (χ2n) is 0.990. The molecule has 0 aliphatic rings. The molecule has 0 rings (SSSR count). The first-order valence-corrected chi connectivity index (χ1v) is 3.18. The van der Waals surface area contributed by atoms with Gasteiger partial charge in [-0.25, -0.2) is 4.79 Å². The van der Waals surface area contributed by atoms with Crippen molar-refractivity contribution in [2.75, 3.05) is 7.11 Å². The Morgan fingerprint density at radius 1 is 1.78 bits per heavy atom. The molecule has 1 atom stereocenters. The first kappa shape index (κ1) is 12.3. The number of hydrogen-bond donors (Lipinski definition) is 1. The molecule has 9 heavy (non-hydrogen) atoms. The van der Waals surface area contributed by atoms with Crippen molar-refractivity contribution >= 4 is 13.3 Å². The monoisotopic (exact) mass is 162 g/mol. The van der Waals surface area contributed by atoms with Crippen LogP contribution < -0.4 is 34.5 Å². The van der Waals surface area contributed by atoms with Crippen LogP contribution in [-0.2, 0) is 9.30 Å².